The van der Waals surface area contributed by atoms with Gasteiger partial charge < -0.3 is 5.32 Å². The van der Waals surface area contributed by atoms with E-state index in [4.69, 9.17) is 0 Å². The lowest BCUT2D eigenvalue weighted by Crippen LogP contribution is -2.15. The number of amides is 1. The largest absolute Gasteiger partial charge is 0.325 e. The molecule has 0 aliphatic heterocycles. The third-order valence-electron chi connectivity index (χ3n) is 4.02. The molecule has 3 aromatic rings. The summed E-state index contributed by atoms with van der Waals surface area (Å²) in [7, 11) is -3.97. The molecule has 1 amide bonds. The molecule has 3 rings (SSSR count). The predicted octanol–water partition coefficient (Wildman–Crippen LogP) is 4.64. The molecule has 0 aliphatic rings. The average molecular weight is 449 g/mol. The molecule has 2 N–H and O–H groups in total. The van der Waals surface area contributed by atoms with E-state index in [1.54, 1.807) is 18.2 Å². The second-order valence-corrected chi connectivity index (χ2v) is 8.91. The van der Waals surface area contributed by atoms with Crippen LogP contribution in [0.3, 0.4) is 0 Å². The number of carbonyl (C=O) groups is 1. The molecule has 5 nitrogen and oxygen atoms in total. The summed E-state index contributed by atoms with van der Waals surface area (Å²) in [4.78, 5) is 12.0. The van der Waals surface area contributed by atoms with Gasteiger partial charge in [0.05, 0.1) is 16.3 Å². The summed E-state index contributed by atoms with van der Waals surface area (Å²) >= 11 is 1.26. The molecule has 156 valence electrons. The molecule has 0 saturated carbocycles. The highest BCUT2D eigenvalue weighted by molar-refractivity contribution is 7.99. The molecule has 0 bridgehead atoms. The summed E-state index contributed by atoms with van der Waals surface area (Å²) in [5, 5.41) is 2.65. The maximum Gasteiger partial charge on any atom is 0.261 e. The molecule has 0 aliphatic carbocycles. The number of thioether (sulfide) groups is 1. The van der Waals surface area contributed by atoms with Crippen LogP contribution in [0, 0.1) is 11.6 Å². The van der Waals surface area contributed by atoms with Crippen LogP contribution < -0.4 is 10.0 Å². The Hall–Kier alpha value is -2.91. The van der Waals surface area contributed by atoms with E-state index in [-0.39, 0.29) is 28.1 Å². The molecule has 0 atom stereocenters. The van der Waals surface area contributed by atoms with Gasteiger partial charge in [-0.3, -0.25) is 9.52 Å². The number of hydrogen-bond acceptors (Lipinski definition) is 4. The Morgan fingerprint density at radius 1 is 0.867 bits per heavy atom. The van der Waals surface area contributed by atoms with Crippen LogP contribution in [-0.4, -0.2) is 20.1 Å². The van der Waals surface area contributed by atoms with E-state index in [0.717, 1.165) is 6.07 Å². The van der Waals surface area contributed by atoms with Gasteiger partial charge >= 0.3 is 0 Å². The van der Waals surface area contributed by atoms with Gasteiger partial charge in [-0.05, 0) is 48.0 Å². The van der Waals surface area contributed by atoms with Gasteiger partial charge in [-0.15, -0.1) is 11.8 Å². The zero-order valence-corrected chi connectivity index (χ0v) is 17.3. The zero-order valence-electron chi connectivity index (χ0n) is 15.6. The van der Waals surface area contributed by atoms with Gasteiger partial charge in [-0.2, -0.15) is 0 Å². The summed E-state index contributed by atoms with van der Waals surface area (Å²) in [6.07, 6.45) is 0. The summed E-state index contributed by atoms with van der Waals surface area (Å²) in [6.45, 7) is 0. The summed E-state index contributed by atoms with van der Waals surface area (Å²) in [5.41, 5.74) is 0.783. The van der Waals surface area contributed by atoms with Crippen LogP contribution in [0.4, 0.5) is 20.2 Å². The molecule has 0 aromatic heterocycles. The third kappa shape index (κ3) is 5.80. The van der Waals surface area contributed by atoms with Crippen molar-refractivity contribution < 1.29 is 22.0 Å². The van der Waals surface area contributed by atoms with Crippen molar-refractivity contribution in [2.45, 2.75) is 10.6 Å². The van der Waals surface area contributed by atoms with E-state index in [0.29, 0.717) is 17.0 Å². The van der Waals surface area contributed by atoms with Crippen LogP contribution in [0.2, 0.25) is 0 Å². The zero-order chi connectivity index (χ0) is 21.6. The van der Waals surface area contributed by atoms with Crippen molar-refractivity contribution >= 4 is 39.1 Å². The first-order chi connectivity index (χ1) is 14.3. The average Bonchev–Trinajstić information content (AvgIpc) is 2.71. The van der Waals surface area contributed by atoms with Gasteiger partial charge in [-0.25, -0.2) is 17.2 Å². The number of nitrogens with one attached hydrogen (secondary N) is 2. The van der Waals surface area contributed by atoms with Crippen LogP contribution >= 0.6 is 11.8 Å². The van der Waals surface area contributed by atoms with E-state index < -0.39 is 15.8 Å². The predicted molar refractivity (Wildman–Crippen MR) is 115 cm³/mol. The highest BCUT2D eigenvalue weighted by Crippen LogP contribution is 2.21. The Bertz CT molecular complexity index is 1140. The smallest absolute Gasteiger partial charge is 0.261 e. The SMILES string of the molecule is O=C(CSCc1ccccc1F)Nc1ccc(S(=O)(=O)Nc2ccccc2F)cc1. The minimum atomic E-state index is -3.97. The molecule has 3 aromatic carbocycles. The number of hydrogen-bond donors (Lipinski definition) is 2. The van der Waals surface area contributed by atoms with E-state index in [1.165, 1.54) is 60.3 Å². The molecule has 0 fully saturated rings. The second-order valence-electron chi connectivity index (χ2n) is 6.24. The molecule has 0 heterocycles. The number of halogens is 2. The lowest BCUT2D eigenvalue weighted by Gasteiger charge is -2.10. The summed E-state index contributed by atoms with van der Waals surface area (Å²) < 4.78 is 54.2. The van der Waals surface area contributed by atoms with Gasteiger partial charge in [0.15, 0.2) is 0 Å². The first-order valence-electron chi connectivity index (χ1n) is 8.83. The molecule has 0 saturated heterocycles. The molecule has 0 unspecified atom stereocenters. The van der Waals surface area contributed by atoms with E-state index in [1.807, 2.05) is 0 Å². The number of rotatable bonds is 8. The van der Waals surface area contributed by atoms with E-state index in [2.05, 4.69) is 10.0 Å². The van der Waals surface area contributed by atoms with E-state index >= 15 is 0 Å². The molecular weight excluding hydrogens is 430 g/mol. The van der Waals surface area contributed by atoms with Crippen molar-refractivity contribution in [3.05, 3.63) is 90.0 Å². The van der Waals surface area contributed by atoms with Crippen LogP contribution in [0.5, 0.6) is 0 Å². The van der Waals surface area contributed by atoms with Crippen molar-refractivity contribution in [2.75, 3.05) is 15.8 Å². The molecule has 0 radical (unpaired) electrons. The van der Waals surface area contributed by atoms with Gasteiger partial charge in [0.25, 0.3) is 10.0 Å². The minimum absolute atomic E-state index is 0.0716. The maximum atomic E-state index is 13.7. The number of sulfonamides is 1. The van der Waals surface area contributed by atoms with E-state index in [9.17, 15) is 22.0 Å². The fourth-order valence-electron chi connectivity index (χ4n) is 2.53. The van der Waals surface area contributed by atoms with Crippen LogP contribution in [0.1, 0.15) is 5.56 Å². The Kier molecular flexibility index (Phi) is 7.07. The standard InChI is InChI=1S/C21H18F2N2O3S2/c22-18-6-2-1-5-15(18)13-29-14-21(26)24-16-9-11-17(12-10-16)30(27,28)25-20-8-4-3-7-19(20)23/h1-12,25H,13-14H2,(H,24,26). The van der Waals surface area contributed by atoms with Crippen LogP contribution in [-0.2, 0) is 20.6 Å². The molecule has 0 spiro atoms. The van der Waals surface area contributed by atoms with Gasteiger partial charge in [0, 0.05) is 11.4 Å². The third-order valence-corrected chi connectivity index (χ3v) is 6.38. The molecule has 9 heteroatoms. The summed E-state index contributed by atoms with van der Waals surface area (Å²) in [5.74, 6) is -0.817. The lowest BCUT2D eigenvalue weighted by molar-refractivity contribution is -0.113. The van der Waals surface area contributed by atoms with Crippen molar-refractivity contribution in [1.29, 1.82) is 0 Å². The monoisotopic (exact) mass is 448 g/mol. The molecule has 30 heavy (non-hydrogen) atoms. The number of para-hydroxylation sites is 1. The molecular formula is C21H18F2N2O3S2. The fourth-order valence-corrected chi connectivity index (χ4v) is 4.41. The number of benzene rings is 3. The Labute approximate surface area is 177 Å². The highest BCUT2D eigenvalue weighted by Gasteiger charge is 2.16. The maximum absolute atomic E-state index is 13.7. The van der Waals surface area contributed by atoms with Crippen molar-refractivity contribution in [1.82, 2.24) is 0 Å². The summed E-state index contributed by atoms with van der Waals surface area (Å²) in [6, 6.07) is 17.3. The van der Waals surface area contributed by atoms with Gasteiger partial charge in [-0.1, -0.05) is 30.3 Å². The first kappa shape index (κ1) is 21.8. The fraction of sp³-hybridized carbons (Fsp3) is 0.0952. The normalized spacial score (nSPS) is 11.1. The number of anilines is 2. The Balaban J connectivity index is 1.55. The highest BCUT2D eigenvalue weighted by atomic mass is 32.2. The van der Waals surface area contributed by atoms with Crippen molar-refractivity contribution in [3.8, 4) is 0 Å². The van der Waals surface area contributed by atoms with Gasteiger partial charge in [0.2, 0.25) is 5.91 Å². The minimum Gasteiger partial charge on any atom is -0.325 e. The topological polar surface area (TPSA) is 75.3 Å². The number of carbonyl (C=O) groups excluding carboxylic acids is 1. The first-order valence-corrected chi connectivity index (χ1v) is 11.5. The van der Waals surface area contributed by atoms with Crippen molar-refractivity contribution in [2.24, 2.45) is 0 Å². The van der Waals surface area contributed by atoms with Crippen molar-refractivity contribution in [3.63, 3.8) is 0 Å². The lowest BCUT2D eigenvalue weighted by atomic mass is 10.2. The Morgan fingerprint density at radius 3 is 2.17 bits per heavy atom. The Morgan fingerprint density at radius 2 is 1.50 bits per heavy atom. The van der Waals surface area contributed by atoms with Crippen LogP contribution in [0.25, 0.3) is 0 Å². The van der Waals surface area contributed by atoms with Crippen LogP contribution in [0.15, 0.2) is 77.7 Å². The van der Waals surface area contributed by atoms with Gasteiger partial charge in [0.1, 0.15) is 11.6 Å². The quantitative estimate of drug-likeness (QED) is 0.527. The second kappa shape index (κ2) is 9.73.